The van der Waals surface area contributed by atoms with E-state index in [0.29, 0.717) is 11.8 Å². The van der Waals surface area contributed by atoms with Crippen molar-refractivity contribution in [3.05, 3.63) is 59.3 Å². The summed E-state index contributed by atoms with van der Waals surface area (Å²) in [6.07, 6.45) is 21.5. The van der Waals surface area contributed by atoms with Crippen LogP contribution in [0.1, 0.15) is 99.8 Å². The van der Waals surface area contributed by atoms with E-state index >= 15 is 0 Å². The Morgan fingerprint density at radius 1 is 1.14 bits per heavy atom. The fourth-order valence-electron chi connectivity index (χ4n) is 5.15. The summed E-state index contributed by atoms with van der Waals surface area (Å²) >= 11 is 0. The molecule has 3 unspecified atom stereocenters. The molecule has 164 valence electrons. The van der Waals surface area contributed by atoms with Crippen LogP contribution < -0.4 is 0 Å². The first-order valence-corrected chi connectivity index (χ1v) is 12.2. The zero-order valence-corrected chi connectivity index (χ0v) is 20.6. The maximum atomic E-state index is 4.33. The van der Waals surface area contributed by atoms with Crippen molar-refractivity contribution in [2.45, 2.75) is 99.8 Å². The zero-order valence-electron chi connectivity index (χ0n) is 20.6. The summed E-state index contributed by atoms with van der Waals surface area (Å²) in [5.74, 6) is 2.59. The lowest BCUT2D eigenvalue weighted by Crippen LogP contribution is -2.17. The van der Waals surface area contributed by atoms with Crippen LogP contribution in [0.2, 0.25) is 0 Å². The van der Waals surface area contributed by atoms with Crippen LogP contribution in [-0.2, 0) is 0 Å². The Hall–Kier alpha value is -1.30. The van der Waals surface area contributed by atoms with Crippen LogP contribution in [-0.4, -0.2) is 0 Å². The predicted molar refractivity (Wildman–Crippen MR) is 133 cm³/mol. The van der Waals surface area contributed by atoms with Gasteiger partial charge in [0.2, 0.25) is 0 Å². The van der Waals surface area contributed by atoms with E-state index in [-0.39, 0.29) is 0 Å². The van der Waals surface area contributed by atoms with Crippen molar-refractivity contribution in [1.29, 1.82) is 0 Å². The van der Waals surface area contributed by atoms with Gasteiger partial charge in [-0.05, 0) is 74.0 Å². The summed E-state index contributed by atoms with van der Waals surface area (Å²) < 4.78 is 0. The predicted octanol–water partition coefficient (Wildman–Crippen LogP) is 9.62. The molecule has 0 aromatic carbocycles. The molecule has 0 heteroatoms. The average Bonchev–Trinajstić information content (AvgIpc) is 2.67. The third-order valence-electron chi connectivity index (χ3n) is 6.81. The van der Waals surface area contributed by atoms with Gasteiger partial charge in [-0.3, -0.25) is 0 Å². The number of rotatable bonds is 11. The van der Waals surface area contributed by atoms with Gasteiger partial charge < -0.3 is 0 Å². The van der Waals surface area contributed by atoms with Gasteiger partial charge >= 0.3 is 0 Å². The topological polar surface area (TPSA) is 0 Å². The van der Waals surface area contributed by atoms with Crippen LogP contribution in [0.25, 0.3) is 0 Å². The molecule has 29 heavy (non-hydrogen) atoms. The monoisotopic (exact) mass is 396 g/mol. The van der Waals surface area contributed by atoms with Gasteiger partial charge in [-0.1, -0.05) is 103 Å². The average molecular weight is 397 g/mol. The summed E-state index contributed by atoms with van der Waals surface area (Å²) in [5.41, 5.74) is 6.16. The van der Waals surface area contributed by atoms with Gasteiger partial charge in [-0.25, -0.2) is 0 Å². The Morgan fingerprint density at radius 3 is 2.38 bits per heavy atom. The number of hydrogen-bond acceptors (Lipinski definition) is 0. The summed E-state index contributed by atoms with van der Waals surface area (Å²) in [7, 11) is 0. The van der Waals surface area contributed by atoms with Crippen LogP contribution in [0.5, 0.6) is 0 Å². The molecule has 0 saturated heterocycles. The van der Waals surface area contributed by atoms with Gasteiger partial charge in [0, 0.05) is 5.92 Å². The van der Waals surface area contributed by atoms with Gasteiger partial charge in [0.25, 0.3) is 0 Å². The van der Waals surface area contributed by atoms with E-state index in [1.807, 2.05) is 0 Å². The highest BCUT2D eigenvalue weighted by molar-refractivity contribution is 5.44. The van der Waals surface area contributed by atoms with Crippen LogP contribution in [0.4, 0.5) is 0 Å². The van der Waals surface area contributed by atoms with Crippen molar-refractivity contribution >= 4 is 0 Å². The van der Waals surface area contributed by atoms with Gasteiger partial charge in [0.05, 0.1) is 0 Å². The van der Waals surface area contributed by atoms with Crippen molar-refractivity contribution in [3.8, 4) is 0 Å². The third-order valence-corrected chi connectivity index (χ3v) is 6.81. The molecule has 0 nitrogen and oxygen atoms in total. The van der Waals surface area contributed by atoms with Crippen molar-refractivity contribution in [3.63, 3.8) is 0 Å². The van der Waals surface area contributed by atoms with Gasteiger partial charge in [-0.15, -0.1) is 0 Å². The van der Waals surface area contributed by atoms with E-state index in [1.54, 1.807) is 5.57 Å². The molecule has 1 aliphatic carbocycles. The summed E-state index contributed by atoms with van der Waals surface area (Å²) in [6, 6.07) is 0. The van der Waals surface area contributed by atoms with E-state index in [1.165, 1.54) is 55.2 Å². The molecule has 0 aliphatic heterocycles. The maximum absolute atomic E-state index is 4.33. The van der Waals surface area contributed by atoms with Crippen molar-refractivity contribution < 1.29 is 0 Å². The second-order valence-electron chi connectivity index (χ2n) is 9.34. The van der Waals surface area contributed by atoms with Crippen LogP contribution in [0, 0.1) is 23.7 Å². The molecule has 0 aromatic rings. The lowest BCUT2D eigenvalue weighted by molar-refractivity contribution is 0.309. The molecule has 0 spiro atoms. The minimum absolute atomic E-state index is 0.505. The molecule has 1 aliphatic rings. The molecule has 0 aromatic heterocycles. The smallest absolute Gasteiger partial charge is 0.00510 e. The molecule has 0 saturated carbocycles. The van der Waals surface area contributed by atoms with Gasteiger partial charge in [-0.2, -0.15) is 0 Å². The molecule has 0 bridgehead atoms. The summed E-state index contributed by atoms with van der Waals surface area (Å²) in [4.78, 5) is 0. The molecule has 3 atom stereocenters. The first-order chi connectivity index (χ1) is 13.9. The standard InChI is InChI=1S/C29H48/c1-9-17-23(7)25(18-10-2)21-29(26(11-3)22(5)6)27(12-4)28-20-16-14-13-15-19-24(28)8/h11-14,19,22-23,25,28H,4,9-10,15-18,20-21H2,1-3,5-8H3. The lowest BCUT2D eigenvalue weighted by atomic mass is 9.74. The second kappa shape index (κ2) is 13.8. The Bertz CT molecular complexity index is 608. The Kier molecular flexibility index (Phi) is 12.3. The lowest BCUT2D eigenvalue weighted by Gasteiger charge is -2.31. The largest absolute Gasteiger partial charge is 0.0988 e. The van der Waals surface area contributed by atoms with E-state index in [9.17, 15) is 0 Å². The van der Waals surface area contributed by atoms with Crippen molar-refractivity contribution in [2.75, 3.05) is 0 Å². The molecule has 1 rings (SSSR count). The fraction of sp³-hybridized carbons (Fsp3) is 0.655. The maximum Gasteiger partial charge on any atom is 0.00510 e. The fourth-order valence-corrected chi connectivity index (χ4v) is 5.15. The molecular weight excluding hydrogens is 348 g/mol. The summed E-state index contributed by atoms with van der Waals surface area (Å²) in [6.45, 7) is 20.7. The SMILES string of the molecule is C=CC(=C(CC(CCC)C(C)CCC)C(=CC)C(C)C)C1CCC=CCC=C1C. The minimum atomic E-state index is 0.505. The molecular formula is C29H48. The number of allylic oxidation sites excluding steroid dienone is 9. The highest BCUT2D eigenvalue weighted by Crippen LogP contribution is 2.39. The molecule has 0 radical (unpaired) electrons. The first-order valence-electron chi connectivity index (χ1n) is 12.2. The molecule has 0 N–H and O–H groups in total. The van der Waals surface area contributed by atoms with Crippen LogP contribution in [0.15, 0.2) is 59.3 Å². The molecule has 0 fully saturated rings. The minimum Gasteiger partial charge on any atom is -0.0988 e. The molecule has 0 heterocycles. The highest BCUT2D eigenvalue weighted by atomic mass is 14.3. The highest BCUT2D eigenvalue weighted by Gasteiger charge is 2.25. The van der Waals surface area contributed by atoms with Crippen molar-refractivity contribution in [2.24, 2.45) is 23.7 Å². The normalized spacial score (nSPS) is 21.2. The zero-order chi connectivity index (χ0) is 21.8. The second-order valence-corrected chi connectivity index (χ2v) is 9.34. The Morgan fingerprint density at radius 2 is 1.83 bits per heavy atom. The Balaban J connectivity index is 3.49. The Labute approximate surface area is 183 Å². The van der Waals surface area contributed by atoms with Crippen LogP contribution >= 0.6 is 0 Å². The first kappa shape index (κ1) is 25.7. The summed E-state index contributed by atoms with van der Waals surface area (Å²) in [5, 5.41) is 0. The van der Waals surface area contributed by atoms with E-state index in [0.717, 1.165) is 24.7 Å². The van der Waals surface area contributed by atoms with E-state index < -0.39 is 0 Å². The van der Waals surface area contributed by atoms with E-state index in [2.05, 4.69) is 85.4 Å². The number of hydrogen-bond donors (Lipinski definition) is 0. The third kappa shape index (κ3) is 7.80. The van der Waals surface area contributed by atoms with Crippen molar-refractivity contribution in [1.82, 2.24) is 0 Å². The quantitative estimate of drug-likeness (QED) is 0.241. The van der Waals surface area contributed by atoms with Gasteiger partial charge in [0.15, 0.2) is 0 Å². The molecule has 0 amide bonds. The van der Waals surface area contributed by atoms with Crippen LogP contribution in [0.3, 0.4) is 0 Å². The van der Waals surface area contributed by atoms with E-state index in [4.69, 9.17) is 0 Å². The van der Waals surface area contributed by atoms with Gasteiger partial charge in [0.1, 0.15) is 0 Å².